The summed E-state index contributed by atoms with van der Waals surface area (Å²) in [6, 6.07) is 2.01. The Hall–Kier alpha value is -1.61. The fourth-order valence-corrected chi connectivity index (χ4v) is 3.45. The average Bonchev–Trinajstić information content (AvgIpc) is 3.24. The molecule has 1 saturated carbocycles. The van der Waals surface area contributed by atoms with Crippen LogP contribution in [0.3, 0.4) is 0 Å². The Morgan fingerprint density at radius 1 is 1.45 bits per heavy atom. The molecule has 0 saturated heterocycles. The number of aromatic nitrogens is 1. The molecule has 3 aliphatic rings. The minimum atomic E-state index is -0.218. The quantitative estimate of drug-likeness (QED) is 0.837. The zero-order chi connectivity index (χ0) is 13.7. The molecule has 0 bridgehead atoms. The van der Waals surface area contributed by atoms with Crippen LogP contribution in [-0.2, 0) is 10.2 Å². The second-order valence-electron chi connectivity index (χ2n) is 5.83. The third-order valence-electron chi connectivity index (χ3n) is 4.57. The Morgan fingerprint density at radius 2 is 2.30 bits per heavy atom. The van der Waals surface area contributed by atoms with Crippen molar-refractivity contribution in [1.82, 2.24) is 4.98 Å². The molecule has 2 aliphatic carbocycles. The number of nitrogens with zero attached hydrogens (tertiary/aromatic N) is 2. The largest absolute Gasteiger partial charge is 0.309 e. The lowest BCUT2D eigenvalue weighted by molar-refractivity contribution is -0.120. The summed E-state index contributed by atoms with van der Waals surface area (Å²) in [6.07, 6.45) is 12.5. The number of carbonyl (C=O) groups excluding carboxylic acids is 1. The molecule has 1 aromatic heterocycles. The van der Waals surface area contributed by atoms with Gasteiger partial charge >= 0.3 is 0 Å². The first kappa shape index (κ1) is 12.2. The molecule has 1 fully saturated rings. The van der Waals surface area contributed by atoms with Gasteiger partial charge in [-0.2, -0.15) is 0 Å². The summed E-state index contributed by atoms with van der Waals surface area (Å²) < 4.78 is 0. The standard InChI is InChI=1S/C16H15ClN2O/c17-12-3-1-11(2-4-12)10-19-14-9-18-8-5-13(14)16(6-7-16)15(19)20/h1,3-5,8-9,11H,2,6-7,10H2. The van der Waals surface area contributed by atoms with E-state index in [0.29, 0.717) is 5.92 Å². The topological polar surface area (TPSA) is 33.2 Å². The highest BCUT2D eigenvalue weighted by molar-refractivity contribution is 6.31. The Kier molecular flexibility index (Phi) is 2.55. The van der Waals surface area contributed by atoms with Crippen LogP contribution in [0.5, 0.6) is 0 Å². The normalized spacial score (nSPS) is 25.9. The molecule has 4 rings (SSSR count). The van der Waals surface area contributed by atoms with E-state index in [9.17, 15) is 4.79 Å². The summed E-state index contributed by atoms with van der Waals surface area (Å²) in [5.41, 5.74) is 1.96. The molecule has 2 heterocycles. The molecular weight excluding hydrogens is 272 g/mol. The molecule has 4 heteroatoms. The number of rotatable bonds is 2. The van der Waals surface area contributed by atoms with Crippen molar-refractivity contribution < 1.29 is 4.79 Å². The van der Waals surface area contributed by atoms with Gasteiger partial charge in [0.05, 0.1) is 17.3 Å². The van der Waals surface area contributed by atoms with Crippen molar-refractivity contribution in [3.63, 3.8) is 0 Å². The predicted octanol–water partition coefficient (Wildman–Crippen LogP) is 3.16. The van der Waals surface area contributed by atoms with Gasteiger partial charge in [-0.05, 0) is 42.9 Å². The van der Waals surface area contributed by atoms with Crippen LogP contribution in [0.25, 0.3) is 0 Å². The first-order chi connectivity index (χ1) is 9.71. The highest BCUT2D eigenvalue weighted by atomic mass is 35.5. The van der Waals surface area contributed by atoms with Crippen molar-refractivity contribution in [2.24, 2.45) is 5.92 Å². The molecule has 1 spiro atoms. The van der Waals surface area contributed by atoms with Gasteiger partial charge < -0.3 is 4.90 Å². The fourth-order valence-electron chi connectivity index (χ4n) is 3.29. The number of pyridine rings is 1. The van der Waals surface area contributed by atoms with Crippen molar-refractivity contribution in [1.29, 1.82) is 0 Å². The number of hydrogen-bond donors (Lipinski definition) is 0. The summed E-state index contributed by atoms with van der Waals surface area (Å²) in [4.78, 5) is 18.8. The molecule has 20 heavy (non-hydrogen) atoms. The summed E-state index contributed by atoms with van der Waals surface area (Å²) in [6.45, 7) is 0.719. The van der Waals surface area contributed by atoms with Crippen LogP contribution in [0.15, 0.2) is 41.7 Å². The zero-order valence-corrected chi connectivity index (χ0v) is 11.8. The summed E-state index contributed by atoms with van der Waals surface area (Å²) in [7, 11) is 0. The fraction of sp³-hybridized carbons (Fsp3) is 0.375. The van der Waals surface area contributed by atoms with Crippen LogP contribution in [0.2, 0.25) is 0 Å². The van der Waals surface area contributed by atoms with E-state index in [0.717, 1.165) is 36.5 Å². The number of halogens is 1. The van der Waals surface area contributed by atoms with Crippen molar-refractivity contribution in [2.75, 3.05) is 11.4 Å². The van der Waals surface area contributed by atoms with Crippen LogP contribution in [0.1, 0.15) is 24.8 Å². The maximum absolute atomic E-state index is 12.7. The maximum Gasteiger partial charge on any atom is 0.237 e. The number of anilines is 1. The summed E-state index contributed by atoms with van der Waals surface area (Å²) in [5, 5.41) is 0.787. The van der Waals surface area contributed by atoms with E-state index in [-0.39, 0.29) is 11.3 Å². The molecule has 1 unspecified atom stereocenters. The lowest BCUT2D eigenvalue weighted by Crippen LogP contribution is -2.35. The number of fused-ring (bicyclic) bond motifs is 2. The number of allylic oxidation sites excluding steroid dienone is 3. The van der Waals surface area contributed by atoms with E-state index < -0.39 is 0 Å². The zero-order valence-electron chi connectivity index (χ0n) is 11.1. The lowest BCUT2D eigenvalue weighted by Gasteiger charge is -2.23. The van der Waals surface area contributed by atoms with Crippen molar-refractivity contribution in [3.8, 4) is 0 Å². The van der Waals surface area contributed by atoms with Crippen LogP contribution < -0.4 is 4.90 Å². The van der Waals surface area contributed by atoms with E-state index in [4.69, 9.17) is 11.6 Å². The predicted molar refractivity (Wildman–Crippen MR) is 78.7 cm³/mol. The lowest BCUT2D eigenvalue weighted by atomic mass is 9.99. The Balaban J connectivity index is 1.63. The van der Waals surface area contributed by atoms with E-state index in [1.165, 1.54) is 5.56 Å². The second-order valence-corrected chi connectivity index (χ2v) is 6.27. The Labute approximate surface area is 122 Å². The van der Waals surface area contributed by atoms with Gasteiger partial charge in [0.25, 0.3) is 0 Å². The molecule has 3 nitrogen and oxygen atoms in total. The van der Waals surface area contributed by atoms with Crippen molar-refractivity contribution >= 4 is 23.2 Å². The molecule has 1 atom stereocenters. The first-order valence-electron chi connectivity index (χ1n) is 7.01. The smallest absolute Gasteiger partial charge is 0.237 e. The third kappa shape index (κ3) is 1.66. The monoisotopic (exact) mass is 286 g/mol. The van der Waals surface area contributed by atoms with Crippen molar-refractivity contribution in [3.05, 3.63) is 47.3 Å². The van der Waals surface area contributed by atoms with Crippen molar-refractivity contribution in [2.45, 2.75) is 24.7 Å². The second kappa shape index (κ2) is 4.19. The highest BCUT2D eigenvalue weighted by Gasteiger charge is 2.59. The molecule has 1 aliphatic heterocycles. The van der Waals surface area contributed by atoms with E-state index in [1.807, 2.05) is 29.3 Å². The minimum Gasteiger partial charge on any atom is -0.309 e. The van der Waals surface area contributed by atoms with E-state index in [1.54, 1.807) is 6.20 Å². The average molecular weight is 287 g/mol. The molecule has 1 aromatic rings. The minimum absolute atomic E-state index is 0.218. The van der Waals surface area contributed by atoms with Gasteiger partial charge in [-0.15, -0.1) is 0 Å². The van der Waals surface area contributed by atoms with Gasteiger partial charge in [0.15, 0.2) is 0 Å². The number of carbonyl (C=O) groups is 1. The van der Waals surface area contributed by atoms with Gasteiger partial charge in [0, 0.05) is 17.8 Å². The van der Waals surface area contributed by atoms with Crippen LogP contribution in [-0.4, -0.2) is 17.4 Å². The molecule has 1 amide bonds. The molecular formula is C16H15ClN2O. The van der Waals surface area contributed by atoms with Gasteiger partial charge in [-0.3, -0.25) is 9.78 Å². The summed E-state index contributed by atoms with van der Waals surface area (Å²) in [5.74, 6) is 0.595. The third-order valence-corrected chi connectivity index (χ3v) is 4.85. The highest BCUT2D eigenvalue weighted by Crippen LogP contribution is 2.57. The molecule has 0 radical (unpaired) electrons. The molecule has 0 aromatic carbocycles. The van der Waals surface area contributed by atoms with Crippen LogP contribution in [0.4, 0.5) is 5.69 Å². The van der Waals surface area contributed by atoms with Crippen LogP contribution >= 0.6 is 11.6 Å². The van der Waals surface area contributed by atoms with Gasteiger partial charge in [0.2, 0.25) is 5.91 Å². The van der Waals surface area contributed by atoms with E-state index >= 15 is 0 Å². The number of hydrogen-bond acceptors (Lipinski definition) is 2. The van der Waals surface area contributed by atoms with Gasteiger partial charge in [-0.25, -0.2) is 0 Å². The van der Waals surface area contributed by atoms with E-state index in [2.05, 4.69) is 11.1 Å². The number of amides is 1. The van der Waals surface area contributed by atoms with Gasteiger partial charge in [-0.1, -0.05) is 23.8 Å². The molecule has 102 valence electrons. The summed E-state index contributed by atoms with van der Waals surface area (Å²) >= 11 is 5.95. The van der Waals surface area contributed by atoms with Gasteiger partial charge in [0.1, 0.15) is 0 Å². The molecule has 0 N–H and O–H groups in total. The maximum atomic E-state index is 12.7. The first-order valence-corrected chi connectivity index (χ1v) is 7.39. The Morgan fingerprint density at radius 3 is 3.00 bits per heavy atom. The SMILES string of the molecule is O=C1N(CC2C=CC(Cl)=CC2)c2cnccc2C12CC2. The van der Waals surface area contributed by atoms with Crippen LogP contribution in [0, 0.1) is 5.92 Å². The Bertz CT molecular complexity index is 646.